The molecule has 2 saturated heterocycles. The van der Waals surface area contributed by atoms with Crippen LogP contribution in [0.4, 0.5) is 0 Å². The molecule has 8 atom stereocenters. The van der Waals surface area contributed by atoms with Crippen LogP contribution in [0.25, 0.3) is 0 Å². The van der Waals surface area contributed by atoms with Gasteiger partial charge in [-0.2, -0.15) is 0 Å². The van der Waals surface area contributed by atoms with Crippen LogP contribution in [-0.4, -0.2) is 187 Å². The van der Waals surface area contributed by atoms with E-state index in [9.17, 15) is 62.6 Å². The molecule has 418 valence electrons. The van der Waals surface area contributed by atoms with Gasteiger partial charge in [0.05, 0.1) is 44.6 Å². The summed E-state index contributed by atoms with van der Waals surface area (Å²) >= 11 is 0. The molecule has 18 N–H and O–H groups in total. The highest BCUT2D eigenvalue weighted by atomic mass is 16.4. The van der Waals surface area contributed by atoms with Crippen LogP contribution in [0.5, 0.6) is 0 Å². The number of hydrogen-bond acceptors (Lipinski definition) is 16. The first-order valence-corrected chi connectivity index (χ1v) is 25.1. The Kier molecular flexibility index (Phi) is 24.2. The molecular formula is C46H71N17O13. The van der Waals surface area contributed by atoms with Crippen LogP contribution in [0.3, 0.4) is 0 Å². The van der Waals surface area contributed by atoms with Gasteiger partial charge in [0.25, 0.3) is 0 Å². The molecule has 2 fully saturated rings. The van der Waals surface area contributed by atoms with Crippen LogP contribution in [0.1, 0.15) is 95.4 Å². The quantitative estimate of drug-likeness (QED) is 0.0303. The lowest BCUT2D eigenvalue weighted by Crippen LogP contribution is -2.59. The number of rotatable bonds is 32. The highest BCUT2D eigenvalue weighted by Crippen LogP contribution is 2.20. The standard InChI is InChI=1S/C46H71N17O13/c1-2-3-8-29(46(75)76)58-43(72)32(18-36(50)65)61-45(74)34-11-7-14-63(34)38(67)22-54-40(69)30(16-26-20-52-24-56-26)59-41(70)28(9-4-5-12-47)57-42(71)31(17-35(49)64)60-44(73)33-10-6-13-62(33)37(66)21-53-39(68)27(48)15-25-19-51-23-55-25/h19-20,23-24,27-34H,2-18,21-22,47-48H2,1H3,(H2,49,64)(H2,50,65)(H,51,55)(H,52,56)(H,53,68)(H,54,69)(H,57,71)(H,58,72)(H,59,70)(H,60,73)(H,61,74)(H,75,76)/t27-,28-,29-,30-,31-,32-,33-,34-/m0/s1. The Morgan fingerprint density at radius 1 is 0.618 bits per heavy atom. The summed E-state index contributed by atoms with van der Waals surface area (Å²) in [4.78, 5) is 174. The molecule has 0 aromatic carbocycles. The number of carboxylic acid groups (broad SMARTS) is 1. The Hall–Kier alpha value is -8.02. The molecule has 2 aromatic heterocycles. The normalized spacial score (nSPS) is 17.4. The van der Waals surface area contributed by atoms with Gasteiger partial charge < -0.3 is 85.0 Å². The number of primary amides is 2. The average Bonchev–Trinajstić information content (AvgIpc) is 4.24. The molecule has 2 aliphatic heterocycles. The molecule has 4 rings (SSSR count). The first-order valence-electron chi connectivity index (χ1n) is 25.1. The predicted molar refractivity (Wildman–Crippen MR) is 265 cm³/mol. The number of nitrogens with zero attached hydrogens (tertiary/aromatic N) is 4. The van der Waals surface area contributed by atoms with E-state index < -0.39 is 145 Å². The first-order chi connectivity index (χ1) is 36.2. The van der Waals surface area contributed by atoms with E-state index in [4.69, 9.17) is 22.9 Å². The number of unbranched alkanes of at least 4 members (excludes halogenated alkanes) is 2. The minimum Gasteiger partial charge on any atom is -0.480 e. The zero-order valence-corrected chi connectivity index (χ0v) is 42.3. The molecule has 4 heterocycles. The number of aromatic amines is 2. The number of aromatic nitrogens is 4. The molecular weight excluding hydrogens is 999 g/mol. The van der Waals surface area contributed by atoms with Crippen molar-refractivity contribution in [2.75, 3.05) is 32.7 Å². The Labute approximate surface area is 436 Å². The van der Waals surface area contributed by atoms with Crippen LogP contribution in [0.2, 0.25) is 0 Å². The van der Waals surface area contributed by atoms with Gasteiger partial charge in [0.1, 0.15) is 42.3 Å². The number of hydrogen-bond donors (Lipinski definition) is 14. The van der Waals surface area contributed by atoms with E-state index in [0.29, 0.717) is 43.5 Å². The van der Waals surface area contributed by atoms with Crippen molar-refractivity contribution in [2.24, 2.45) is 22.9 Å². The molecule has 0 aliphatic carbocycles. The predicted octanol–water partition coefficient (Wildman–Crippen LogP) is -5.96. The van der Waals surface area contributed by atoms with E-state index in [0.717, 1.165) is 4.90 Å². The Morgan fingerprint density at radius 3 is 1.54 bits per heavy atom. The van der Waals surface area contributed by atoms with E-state index in [1.54, 1.807) is 0 Å². The summed E-state index contributed by atoms with van der Waals surface area (Å²) in [6.07, 6.45) is 7.08. The third-order valence-electron chi connectivity index (χ3n) is 12.6. The number of amides is 11. The molecule has 30 nitrogen and oxygen atoms in total. The molecule has 2 aromatic rings. The second-order valence-electron chi connectivity index (χ2n) is 18.5. The second-order valence-corrected chi connectivity index (χ2v) is 18.5. The zero-order valence-electron chi connectivity index (χ0n) is 42.3. The average molecular weight is 1070 g/mol. The summed E-state index contributed by atoms with van der Waals surface area (Å²) in [5, 5.41) is 26.9. The fourth-order valence-corrected chi connectivity index (χ4v) is 8.61. The number of nitrogens with one attached hydrogen (secondary N) is 9. The number of carbonyl (C=O) groups is 12. The van der Waals surface area contributed by atoms with E-state index >= 15 is 0 Å². The smallest absolute Gasteiger partial charge is 0.326 e. The van der Waals surface area contributed by atoms with Crippen molar-refractivity contribution < 1.29 is 62.6 Å². The second kappa shape index (κ2) is 30.4. The third kappa shape index (κ3) is 19.0. The van der Waals surface area contributed by atoms with Crippen molar-refractivity contribution in [3.05, 3.63) is 36.4 Å². The van der Waals surface area contributed by atoms with Crippen molar-refractivity contribution in [3.8, 4) is 0 Å². The van der Waals surface area contributed by atoms with Gasteiger partial charge in [0.2, 0.25) is 65.0 Å². The summed E-state index contributed by atoms with van der Waals surface area (Å²) in [6.45, 7) is 1.09. The van der Waals surface area contributed by atoms with Crippen molar-refractivity contribution in [1.82, 2.24) is 67.0 Å². The maximum Gasteiger partial charge on any atom is 0.326 e. The molecule has 11 amide bonds. The first kappa shape index (κ1) is 60.5. The van der Waals surface area contributed by atoms with Crippen molar-refractivity contribution in [3.63, 3.8) is 0 Å². The molecule has 30 heteroatoms. The number of carbonyl (C=O) groups excluding carboxylic acids is 11. The van der Waals surface area contributed by atoms with Crippen LogP contribution in [-0.2, 0) is 70.4 Å². The molecule has 0 saturated carbocycles. The fraction of sp³-hybridized carbons (Fsp3) is 0.609. The van der Waals surface area contributed by atoms with Gasteiger partial charge in [-0.05, 0) is 57.9 Å². The minimum absolute atomic E-state index is 0.0373. The monoisotopic (exact) mass is 1070 g/mol. The lowest BCUT2D eigenvalue weighted by Gasteiger charge is -2.28. The topological polar surface area (TPSA) is 477 Å². The van der Waals surface area contributed by atoms with E-state index in [1.807, 2.05) is 6.92 Å². The Bertz CT molecular complexity index is 2350. The highest BCUT2D eigenvalue weighted by molar-refractivity contribution is 5.99. The molecule has 0 unspecified atom stereocenters. The maximum absolute atomic E-state index is 14.1. The van der Waals surface area contributed by atoms with Crippen molar-refractivity contribution >= 4 is 70.9 Å². The molecule has 0 spiro atoms. The van der Waals surface area contributed by atoms with Crippen molar-refractivity contribution in [1.29, 1.82) is 0 Å². The van der Waals surface area contributed by atoms with Crippen molar-refractivity contribution in [2.45, 2.75) is 145 Å². The largest absolute Gasteiger partial charge is 0.480 e. The van der Waals surface area contributed by atoms with Crippen LogP contribution in [0, 0.1) is 0 Å². The Balaban J connectivity index is 1.42. The third-order valence-corrected chi connectivity index (χ3v) is 12.6. The summed E-state index contributed by atoms with van der Waals surface area (Å²) < 4.78 is 0. The van der Waals surface area contributed by atoms with E-state index in [1.165, 1.54) is 29.9 Å². The summed E-state index contributed by atoms with van der Waals surface area (Å²) in [5.74, 6) is -10.6. The molecule has 76 heavy (non-hydrogen) atoms. The van der Waals surface area contributed by atoms with Gasteiger partial charge >= 0.3 is 5.97 Å². The van der Waals surface area contributed by atoms with Crippen LogP contribution < -0.4 is 60.2 Å². The number of carboxylic acids is 1. The number of imidazole rings is 2. The van der Waals surface area contributed by atoms with Gasteiger partial charge in [-0.25, -0.2) is 14.8 Å². The van der Waals surface area contributed by atoms with Gasteiger partial charge in [0, 0.05) is 49.7 Å². The maximum atomic E-state index is 14.1. The van der Waals surface area contributed by atoms with E-state index in [2.05, 4.69) is 57.2 Å². The van der Waals surface area contributed by atoms with E-state index in [-0.39, 0.29) is 64.6 Å². The number of aliphatic carboxylic acids is 1. The number of nitrogens with two attached hydrogens (primary N) is 4. The summed E-state index contributed by atoms with van der Waals surface area (Å²) in [6, 6.07) is -10.6. The van der Waals surface area contributed by atoms with Crippen LogP contribution in [0.15, 0.2) is 25.0 Å². The summed E-state index contributed by atoms with van der Waals surface area (Å²) in [5.41, 5.74) is 23.5. The molecule has 0 bridgehead atoms. The number of H-pyrrole nitrogens is 2. The lowest BCUT2D eigenvalue weighted by atomic mass is 10.0. The lowest BCUT2D eigenvalue weighted by molar-refractivity contribution is -0.143. The zero-order chi connectivity index (χ0) is 55.9. The minimum atomic E-state index is -1.63. The summed E-state index contributed by atoms with van der Waals surface area (Å²) in [7, 11) is 0. The van der Waals surface area contributed by atoms with Gasteiger partial charge in [-0.15, -0.1) is 0 Å². The van der Waals surface area contributed by atoms with Crippen LogP contribution >= 0.6 is 0 Å². The van der Waals surface area contributed by atoms with Gasteiger partial charge in [-0.3, -0.25) is 52.7 Å². The number of likely N-dealkylation sites (tertiary alicyclic amines) is 2. The van der Waals surface area contributed by atoms with Gasteiger partial charge in [-0.1, -0.05) is 19.8 Å². The highest BCUT2D eigenvalue weighted by Gasteiger charge is 2.39. The molecule has 0 radical (unpaired) electrons. The van der Waals surface area contributed by atoms with Gasteiger partial charge in [0.15, 0.2) is 0 Å². The molecule has 2 aliphatic rings. The Morgan fingerprint density at radius 2 is 1.08 bits per heavy atom. The fourth-order valence-electron chi connectivity index (χ4n) is 8.61. The SMILES string of the molecule is CCCC[C@H](NC(=O)[C@H](CC(N)=O)NC(=O)[C@@H]1CCCN1C(=O)CNC(=O)[C@H](Cc1cnc[nH]1)NC(=O)[C@H](CCCCN)NC(=O)[C@H](CC(N)=O)NC(=O)[C@@H]1CCCN1C(=O)CNC(=O)[C@@H](N)Cc1cnc[nH]1)C(=O)O.